The summed E-state index contributed by atoms with van der Waals surface area (Å²) in [5.74, 6) is -1.30. The van der Waals surface area contributed by atoms with E-state index in [4.69, 9.17) is 0 Å². The van der Waals surface area contributed by atoms with Crippen LogP contribution in [0.2, 0.25) is 0 Å². The summed E-state index contributed by atoms with van der Waals surface area (Å²) >= 11 is 0. The van der Waals surface area contributed by atoms with Crippen molar-refractivity contribution < 1.29 is 22.0 Å². The van der Waals surface area contributed by atoms with Crippen molar-refractivity contribution >= 4 is 5.82 Å². The van der Waals surface area contributed by atoms with Gasteiger partial charge >= 0.3 is 6.18 Å². The SMILES string of the molecule is Fc1ccc(CNc2ncccc2-c2cc[c]cc2C(F)(F)F)c(F)c1. The van der Waals surface area contributed by atoms with Crippen molar-refractivity contribution in [2.75, 3.05) is 5.32 Å². The van der Waals surface area contributed by atoms with Crippen molar-refractivity contribution in [2.45, 2.75) is 12.7 Å². The molecule has 0 aliphatic heterocycles. The van der Waals surface area contributed by atoms with Crippen LogP contribution in [0.1, 0.15) is 11.1 Å². The Labute approximate surface area is 146 Å². The molecule has 0 amide bonds. The number of rotatable bonds is 4. The first-order valence-electron chi connectivity index (χ1n) is 7.57. The first-order valence-corrected chi connectivity index (χ1v) is 7.57. The third-order valence-corrected chi connectivity index (χ3v) is 3.73. The molecule has 2 nitrogen and oxygen atoms in total. The van der Waals surface area contributed by atoms with Crippen LogP contribution >= 0.6 is 0 Å². The van der Waals surface area contributed by atoms with Crippen molar-refractivity contribution in [3.8, 4) is 11.1 Å². The summed E-state index contributed by atoms with van der Waals surface area (Å²) in [6, 6.07) is 12.1. The van der Waals surface area contributed by atoms with Gasteiger partial charge in [0.15, 0.2) is 0 Å². The number of hydrogen-bond acceptors (Lipinski definition) is 2. The number of anilines is 1. The van der Waals surface area contributed by atoms with E-state index in [-0.39, 0.29) is 29.1 Å². The third kappa shape index (κ3) is 3.82. The maximum absolute atomic E-state index is 13.7. The lowest BCUT2D eigenvalue weighted by Gasteiger charge is -2.16. The summed E-state index contributed by atoms with van der Waals surface area (Å²) in [6.45, 7) is -0.0591. The van der Waals surface area contributed by atoms with Crippen LogP contribution in [0.15, 0.2) is 54.7 Å². The van der Waals surface area contributed by atoms with Gasteiger partial charge in [-0.1, -0.05) is 18.2 Å². The summed E-state index contributed by atoms with van der Waals surface area (Å²) in [5, 5.41) is 2.82. The number of aromatic nitrogens is 1. The van der Waals surface area contributed by atoms with Crippen LogP contribution < -0.4 is 5.32 Å². The minimum atomic E-state index is -4.55. The zero-order valence-electron chi connectivity index (χ0n) is 13.2. The lowest BCUT2D eigenvalue weighted by molar-refractivity contribution is -0.137. The molecule has 1 heterocycles. The van der Waals surface area contributed by atoms with E-state index in [2.05, 4.69) is 16.4 Å². The van der Waals surface area contributed by atoms with Crippen molar-refractivity contribution in [1.29, 1.82) is 0 Å². The molecule has 0 atom stereocenters. The van der Waals surface area contributed by atoms with Gasteiger partial charge in [-0.2, -0.15) is 13.2 Å². The van der Waals surface area contributed by atoms with E-state index in [1.54, 1.807) is 0 Å². The first kappa shape index (κ1) is 17.8. The lowest BCUT2D eigenvalue weighted by atomic mass is 9.99. The Morgan fingerprint density at radius 1 is 1.04 bits per heavy atom. The van der Waals surface area contributed by atoms with Gasteiger partial charge in [-0.25, -0.2) is 13.8 Å². The van der Waals surface area contributed by atoms with Gasteiger partial charge in [0.2, 0.25) is 0 Å². The zero-order chi connectivity index (χ0) is 18.7. The fraction of sp³-hybridized carbons (Fsp3) is 0.105. The second-order valence-electron chi connectivity index (χ2n) is 5.46. The highest BCUT2D eigenvalue weighted by Gasteiger charge is 2.33. The Bertz CT molecular complexity index is 922. The third-order valence-electron chi connectivity index (χ3n) is 3.73. The molecule has 0 saturated carbocycles. The summed E-state index contributed by atoms with van der Waals surface area (Å²) in [4.78, 5) is 4.06. The number of nitrogens with one attached hydrogen (secondary N) is 1. The molecule has 1 radical (unpaired) electrons. The van der Waals surface area contributed by atoms with Gasteiger partial charge in [-0.15, -0.1) is 0 Å². The molecule has 0 aliphatic carbocycles. The molecule has 133 valence electrons. The van der Waals surface area contributed by atoms with E-state index in [0.29, 0.717) is 0 Å². The second kappa shape index (κ2) is 7.11. The quantitative estimate of drug-likeness (QED) is 0.623. The Morgan fingerprint density at radius 3 is 2.58 bits per heavy atom. The number of alkyl halides is 3. The number of benzene rings is 2. The summed E-state index contributed by atoms with van der Waals surface area (Å²) in [7, 11) is 0. The monoisotopic (exact) mass is 363 g/mol. The van der Waals surface area contributed by atoms with Gasteiger partial charge < -0.3 is 5.32 Å². The maximum Gasteiger partial charge on any atom is 0.417 e. The number of halogens is 5. The Hall–Kier alpha value is -2.96. The van der Waals surface area contributed by atoms with Gasteiger partial charge in [-0.05, 0) is 35.9 Å². The minimum Gasteiger partial charge on any atom is -0.365 e. The van der Waals surface area contributed by atoms with E-state index in [0.717, 1.165) is 18.2 Å². The molecule has 7 heteroatoms. The second-order valence-corrected chi connectivity index (χ2v) is 5.46. The van der Waals surface area contributed by atoms with Gasteiger partial charge in [0, 0.05) is 29.9 Å². The molecule has 1 aromatic heterocycles. The predicted molar refractivity (Wildman–Crippen MR) is 87.2 cm³/mol. The van der Waals surface area contributed by atoms with E-state index >= 15 is 0 Å². The highest BCUT2D eigenvalue weighted by molar-refractivity contribution is 5.77. The fourth-order valence-corrected chi connectivity index (χ4v) is 2.51. The van der Waals surface area contributed by atoms with Gasteiger partial charge in [-0.3, -0.25) is 0 Å². The molecule has 0 spiro atoms. The molecular weight excluding hydrogens is 351 g/mol. The number of pyridine rings is 1. The number of nitrogens with zero attached hydrogens (tertiary/aromatic N) is 1. The van der Waals surface area contributed by atoms with E-state index in [1.165, 1.54) is 36.5 Å². The van der Waals surface area contributed by atoms with Crippen LogP contribution in [0.3, 0.4) is 0 Å². The van der Waals surface area contributed by atoms with Crippen LogP contribution in [0.4, 0.5) is 27.8 Å². The molecule has 0 aliphatic rings. The molecule has 1 N–H and O–H groups in total. The van der Waals surface area contributed by atoms with Crippen LogP contribution in [0, 0.1) is 17.7 Å². The average Bonchev–Trinajstić information content (AvgIpc) is 2.60. The molecule has 26 heavy (non-hydrogen) atoms. The molecule has 3 aromatic rings. The summed E-state index contributed by atoms with van der Waals surface area (Å²) < 4.78 is 66.5. The lowest BCUT2D eigenvalue weighted by Crippen LogP contribution is -2.09. The van der Waals surface area contributed by atoms with Crippen molar-refractivity contribution in [1.82, 2.24) is 4.98 Å². The van der Waals surface area contributed by atoms with E-state index < -0.39 is 23.4 Å². The van der Waals surface area contributed by atoms with Crippen molar-refractivity contribution in [3.63, 3.8) is 0 Å². The van der Waals surface area contributed by atoms with Crippen LogP contribution in [-0.4, -0.2) is 4.98 Å². The predicted octanol–water partition coefficient (Wildman–Crippen LogP) is 5.46. The highest BCUT2D eigenvalue weighted by atomic mass is 19.4. The van der Waals surface area contributed by atoms with Gasteiger partial charge in [0.1, 0.15) is 17.5 Å². The Balaban J connectivity index is 1.95. The van der Waals surface area contributed by atoms with Crippen LogP contribution in [0.5, 0.6) is 0 Å². The van der Waals surface area contributed by atoms with Crippen LogP contribution in [0.25, 0.3) is 11.1 Å². The van der Waals surface area contributed by atoms with Gasteiger partial charge in [0.25, 0.3) is 0 Å². The Kier molecular flexibility index (Phi) is 4.88. The van der Waals surface area contributed by atoms with E-state index in [9.17, 15) is 22.0 Å². The number of hydrogen-bond donors (Lipinski definition) is 1. The Morgan fingerprint density at radius 2 is 1.85 bits per heavy atom. The molecular formula is C19H12F5N2. The van der Waals surface area contributed by atoms with Crippen molar-refractivity contribution in [3.05, 3.63) is 83.6 Å². The largest absolute Gasteiger partial charge is 0.417 e. The zero-order valence-corrected chi connectivity index (χ0v) is 13.2. The summed E-state index contributed by atoms with van der Waals surface area (Å²) in [6.07, 6.45) is -3.14. The summed E-state index contributed by atoms with van der Waals surface area (Å²) in [5.41, 5.74) is -0.521. The maximum atomic E-state index is 13.7. The van der Waals surface area contributed by atoms with E-state index in [1.807, 2.05) is 0 Å². The molecule has 0 bridgehead atoms. The minimum absolute atomic E-state index is 0.0591. The highest BCUT2D eigenvalue weighted by Crippen LogP contribution is 2.38. The molecule has 0 fully saturated rings. The van der Waals surface area contributed by atoms with Gasteiger partial charge in [0.05, 0.1) is 5.56 Å². The standard InChI is InChI=1S/C19H12F5N2/c20-13-8-7-12(17(21)10-13)11-26-18-15(5-3-9-25-18)14-4-1-2-6-16(14)19(22,23)24/h1,3-10H,11H2,(H,25,26). The normalized spacial score (nSPS) is 11.4. The van der Waals surface area contributed by atoms with Crippen molar-refractivity contribution in [2.24, 2.45) is 0 Å². The molecule has 2 aromatic carbocycles. The van der Waals surface area contributed by atoms with Crippen LogP contribution in [-0.2, 0) is 12.7 Å². The first-order chi connectivity index (χ1) is 12.4. The smallest absolute Gasteiger partial charge is 0.365 e. The average molecular weight is 363 g/mol. The topological polar surface area (TPSA) is 24.9 Å². The molecule has 3 rings (SSSR count). The molecule has 0 saturated heterocycles. The fourth-order valence-electron chi connectivity index (χ4n) is 2.51. The molecule has 0 unspecified atom stereocenters.